The Morgan fingerprint density at radius 2 is 1.95 bits per heavy atom. The van der Waals surface area contributed by atoms with E-state index < -0.39 is 10.0 Å². The maximum absolute atomic E-state index is 12.9. The van der Waals surface area contributed by atoms with E-state index in [2.05, 4.69) is 36.7 Å². The fourth-order valence-corrected chi connectivity index (χ4v) is 5.14. The van der Waals surface area contributed by atoms with Gasteiger partial charge in [-0.3, -0.25) is 0 Å². The first kappa shape index (κ1) is 16.8. The van der Waals surface area contributed by atoms with E-state index >= 15 is 0 Å². The molecule has 0 radical (unpaired) electrons. The summed E-state index contributed by atoms with van der Waals surface area (Å²) in [5.74, 6) is 0.386. The predicted octanol–water partition coefficient (Wildman–Crippen LogP) is 3.40. The summed E-state index contributed by atoms with van der Waals surface area (Å²) >= 11 is 3.33. The molecule has 1 aliphatic heterocycles. The quantitative estimate of drug-likeness (QED) is 0.806. The zero-order valence-electron chi connectivity index (χ0n) is 13.0. The molecule has 6 heteroatoms. The van der Waals surface area contributed by atoms with E-state index in [9.17, 15) is 8.42 Å². The molecular weight excluding hydrogens is 352 g/mol. The average Bonchev–Trinajstić information content (AvgIpc) is 2.83. The SMILES string of the molecule is Cc1c(N)cc(Br)cc1S(=O)(=O)N1CCC(C(C)(C)C)C1. The third-order valence-electron chi connectivity index (χ3n) is 4.36. The number of nitrogen functional groups attached to an aromatic ring is 1. The molecule has 0 spiro atoms. The van der Waals surface area contributed by atoms with Gasteiger partial charge in [0, 0.05) is 23.2 Å². The van der Waals surface area contributed by atoms with Crippen LogP contribution in [-0.4, -0.2) is 25.8 Å². The van der Waals surface area contributed by atoms with Crippen LogP contribution in [0.4, 0.5) is 5.69 Å². The van der Waals surface area contributed by atoms with Crippen LogP contribution in [-0.2, 0) is 10.0 Å². The summed E-state index contributed by atoms with van der Waals surface area (Å²) in [6.45, 7) is 9.40. The van der Waals surface area contributed by atoms with Gasteiger partial charge in [0.05, 0.1) is 4.90 Å². The zero-order valence-corrected chi connectivity index (χ0v) is 15.4. The van der Waals surface area contributed by atoms with E-state index in [1.807, 2.05) is 0 Å². The molecule has 1 aliphatic rings. The summed E-state index contributed by atoms with van der Waals surface area (Å²) < 4.78 is 28.0. The number of sulfonamides is 1. The fraction of sp³-hybridized carbons (Fsp3) is 0.600. The molecule has 1 aromatic rings. The van der Waals surface area contributed by atoms with E-state index in [-0.39, 0.29) is 5.41 Å². The Kier molecular flexibility index (Phi) is 4.44. The highest BCUT2D eigenvalue weighted by Gasteiger charge is 2.38. The van der Waals surface area contributed by atoms with Gasteiger partial charge in [-0.05, 0) is 42.4 Å². The highest BCUT2D eigenvalue weighted by molar-refractivity contribution is 9.10. The van der Waals surface area contributed by atoms with Gasteiger partial charge < -0.3 is 5.73 Å². The Balaban J connectivity index is 2.37. The van der Waals surface area contributed by atoms with Crippen molar-refractivity contribution in [1.29, 1.82) is 0 Å². The van der Waals surface area contributed by atoms with Crippen molar-refractivity contribution in [1.82, 2.24) is 4.31 Å². The molecule has 1 aromatic carbocycles. The fourth-order valence-electron chi connectivity index (χ4n) is 2.73. The molecule has 2 rings (SSSR count). The van der Waals surface area contributed by atoms with Crippen LogP contribution in [0, 0.1) is 18.3 Å². The van der Waals surface area contributed by atoms with Gasteiger partial charge in [-0.25, -0.2) is 8.42 Å². The molecule has 1 atom stereocenters. The van der Waals surface area contributed by atoms with Gasteiger partial charge in [-0.1, -0.05) is 36.7 Å². The molecule has 1 unspecified atom stereocenters. The third kappa shape index (κ3) is 3.27. The van der Waals surface area contributed by atoms with Crippen LogP contribution < -0.4 is 5.73 Å². The molecule has 0 bridgehead atoms. The summed E-state index contributed by atoms with van der Waals surface area (Å²) in [5, 5.41) is 0. The lowest BCUT2D eigenvalue weighted by molar-refractivity contribution is 0.252. The molecule has 0 saturated carbocycles. The minimum atomic E-state index is -3.48. The molecule has 1 heterocycles. The van der Waals surface area contributed by atoms with Crippen LogP contribution in [0.1, 0.15) is 32.8 Å². The monoisotopic (exact) mass is 374 g/mol. The van der Waals surface area contributed by atoms with Crippen molar-refractivity contribution in [2.75, 3.05) is 18.8 Å². The Morgan fingerprint density at radius 1 is 1.33 bits per heavy atom. The first-order valence-corrected chi connectivity index (χ1v) is 9.32. The van der Waals surface area contributed by atoms with Crippen molar-refractivity contribution >= 4 is 31.6 Å². The first-order chi connectivity index (χ1) is 9.53. The summed E-state index contributed by atoms with van der Waals surface area (Å²) in [5.41, 5.74) is 7.14. The lowest BCUT2D eigenvalue weighted by atomic mass is 9.80. The van der Waals surface area contributed by atoms with Gasteiger partial charge in [0.15, 0.2) is 0 Å². The molecule has 0 aliphatic carbocycles. The molecule has 118 valence electrons. The van der Waals surface area contributed by atoms with Crippen LogP contribution in [0.25, 0.3) is 0 Å². The van der Waals surface area contributed by atoms with Gasteiger partial charge in [-0.15, -0.1) is 0 Å². The van der Waals surface area contributed by atoms with E-state index in [0.29, 0.717) is 39.6 Å². The highest BCUT2D eigenvalue weighted by Crippen LogP contribution is 2.37. The van der Waals surface area contributed by atoms with Crippen LogP contribution >= 0.6 is 15.9 Å². The second-order valence-electron chi connectivity index (χ2n) is 6.83. The smallest absolute Gasteiger partial charge is 0.243 e. The number of rotatable bonds is 2. The summed E-state index contributed by atoms with van der Waals surface area (Å²) in [4.78, 5) is 0.309. The second-order valence-corrected chi connectivity index (χ2v) is 9.65. The minimum absolute atomic E-state index is 0.121. The Morgan fingerprint density at radius 3 is 2.48 bits per heavy atom. The van der Waals surface area contributed by atoms with Crippen LogP contribution in [0.15, 0.2) is 21.5 Å². The molecule has 2 N–H and O–H groups in total. The highest BCUT2D eigenvalue weighted by atomic mass is 79.9. The van der Waals surface area contributed by atoms with Gasteiger partial charge in [0.1, 0.15) is 0 Å². The second kappa shape index (κ2) is 5.56. The molecule has 1 saturated heterocycles. The topological polar surface area (TPSA) is 63.4 Å². The van der Waals surface area contributed by atoms with Crippen LogP contribution in [0.2, 0.25) is 0 Å². The van der Waals surface area contributed by atoms with Gasteiger partial charge in [-0.2, -0.15) is 4.31 Å². The van der Waals surface area contributed by atoms with Crippen LogP contribution in [0.5, 0.6) is 0 Å². The normalized spacial score (nSPS) is 20.9. The minimum Gasteiger partial charge on any atom is -0.398 e. The number of anilines is 1. The van der Waals surface area contributed by atoms with E-state index in [1.54, 1.807) is 23.4 Å². The molecule has 4 nitrogen and oxygen atoms in total. The standard InChI is InChI=1S/C15H23BrN2O2S/c1-10-13(17)7-12(16)8-14(10)21(19,20)18-6-5-11(9-18)15(2,3)4/h7-8,11H,5-6,9,17H2,1-4H3. The largest absolute Gasteiger partial charge is 0.398 e. The van der Waals surface area contributed by atoms with Crippen molar-refractivity contribution in [3.05, 3.63) is 22.2 Å². The summed E-state index contributed by atoms with van der Waals surface area (Å²) in [6, 6.07) is 3.38. The van der Waals surface area contributed by atoms with Crippen molar-refractivity contribution < 1.29 is 8.42 Å². The number of hydrogen-bond donors (Lipinski definition) is 1. The van der Waals surface area contributed by atoms with Gasteiger partial charge in [0.25, 0.3) is 0 Å². The number of hydrogen-bond acceptors (Lipinski definition) is 3. The number of benzene rings is 1. The lowest BCUT2D eigenvalue weighted by Gasteiger charge is -2.27. The van der Waals surface area contributed by atoms with Crippen molar-refractivity contribution in [2.24, 2.45) is 11.3 Å². The van der Waals surface area contributed by atoms with E-state index in [1.165, 1.54) is 0 Å². The van der Waals surface area contributed by atoms with Gasteiger partial charge >= 0.3 is 0 Å². The molecule has 21 heavy (non-hydrogen) atoms. The molecule has 0 aromatic heterocycles. The van der Waals surface area contributed by atoms with Crippen molar-refractivity contribution in [3.63, 3.8) is 0 Å². The summed E-state index contributed by atoms with van der Waals surface area (Å²) in [6.07, 6.45) is 0.908. The zero-order chi connectivity index (χ0) is 16.0. The summed E-state index contributed by atoms with van der Waals surface area (Å²) in [7, 11) is -3.48. The molecular formula is C15H23BrN2O2S. The van der Waals surface area contributed by atoms with Gasteiger partial charge in [0.2, 0.25) is 10.0 Å². The van der Waals surface area contributed by atoms with E-state index in [0.717, 1.165) is 6.42 Å². The van der Waals surface area contributed by atoms with Crippen LogP contribution in [0.3, 0.4) is 0 Å². The predicted molar refractivity (Wildman–Crippen MR) is 89.6 cm³/mol. The maximum atomic E-state index is 12.9. The Hall–Kier alpha value is -0.590. The Bertz CT molecular complexity index is 650. The Labute approximate surface area is 135 Å². The first-order valence-electron chi connectivity index (χ1n) is 7.09. The number of nitrogens with zero attached hydrogens (tertiary/aromatic N) is 1. The number of halogens is 1. The third-order valence-corrected chi connectivity index (χ3v) is 6.81. The average molecular weight is 375 g/mol. The van der Waals surface area contributed by atoms with Crippen molar-refractivity contribution in [3.8, 4) is 0 Å². The molecule has 1 fully saturated rings. The number of nitrogens with two attached hydrogens (primary N) is 1. The molecule has 0 amide bonds. The maximum Gasteiger partial charge on any atom is 0.243 e. The van der Waals surface area contributed by atoms with Crippen molar-refractivity contribution in [2.45, 2.75) is 39.0 Å². The van der Waals surface area contributed by atoms with E-state index in [4.69, 9.17) is 5.73 Å². The lowest BCUT2D eigenvalue weighted by Crippen LogP contribution is -2.31.